The van der Waals surface area contributed by atoms with Crippen molar-refractivity contribution in [3.63, 3.8) is 0 Å². The summed E-state index contributed by atoms with van der Waals surface area (Å²) in [4.78, 5) is 12.4. The molecule has 1 fully saturated rings. The molecule has 5 nitrogen and oxygen atoms in total. The van der Waals surface area contributed by atoms with Crippen molar-refractivity contribution in [2.24, 2.45) is 0 Å². The Balaban J connectivity index is 1.43. The van der Waals surface area contributed by atoms with Crippen molar-refractivity contribution < 1.29 is 4.74 Å². The first-order valence-electron chi connectivity index (χ1n) is 9.22. The second-order valence-corrected chi connectivity index (χ2v) is 7.59. The van der Waals surface area contributed by atoms with Crippen LogP contribution in [-0.2, 0) is 11.2 Å². The van der Waals surface area contributed by atoms with E-state index in [2.05, 4.69) is 45.2 Å². The number of morpholine rings is 1. The molecule has 0 spiro atoms. The molecule has 0 bridgehead atoms. The van der Waals surface area contributed by atoms with E-state index in [1.54, 1.807) is 24.0 Å². The van der Waals surface area contributed by atoms with Crippen molar-refractivity contribution in [3.05, 3.63) is 77.7 Å². The first kappa shape index (κ1) is 18.5. The second-order valence-electron chi connectivity index (χ2n) is 6.50. The van der Waals surface area contributed by atoms with Gasteiger partial charge in [0, 0.05) is 36.3 Å². The highest BCUT2D eigenvalue weighted by atomic mass is 32.2. The minimum absolute atomic E-state index is 0.652. The van der Waals surface area contributed by atoms with Gasteiger partial charge in [0.25, 0.3) is 0 Å². The zero-order valence-electron chi connectivity index (χ0n) is 15.4. The van der Waals surface area contributed by atoms with E-state index >= 15 is 0 Å². The van der Waals surface area contributed by atoms with Crippen LogP contribution in [-0.4, -0.2) is 36.3 Å². The lowest BCUT2D eigenvalue weighted by Crippen LogP contribution is -2.36. The molecule has 0 aliphatic carbocycles. The Bertz CT molecular complexity index is 978. The fraction of sp³-hybridized carbons (Fsp3) is 0.227. The number of nitrogens with zero attached hydrogens (tertiary/aromatic N) is 4. The number of aromatic nitrogens is 2. The number of hydrogen-bond donors (Lipinski definition) is 0. The van der Waals surface area contributed by atoms with Crippen molar-refractivity contribution in [2.45, 2.75) is 16.3 Å². The van der Waals surface area contributed by atoms with Crippen LogP contribution in [0.1, 0.15) is 17.0 Å². The standard InChI is InChI=1S/C22H20N4OS/c23-16-18-2-1-3-20(14-18)28-22-8-9-24-21(25-22)15-17-4-6-19(7-5-17)26-10-12-27-13-11-26/h1-9,14H,10-13,15H2. The molecule has 1 aliphatic rings. The first-order valence-corrected chi connectivity index (χ1v) is 10.0. The molecule has 2 aromatic carbocycles. The summed E-state index contributed by atoms with van der Waals surface area (Å²) in [5.41, 5.74) is 3.07. The zero-order chi connectivity index (χ0) is 19.2. The quantitative estimate of drug-likeness (QED) is 0.617. The van der Waals surface area contributed by atoms with Gasteiger partial charge in [0.15, 0.2) is 0 Å². The maximum atomic E-state index is 9.04. The van der Waals surface area contributed by atoms with E-state index in [9.17, 15) is 0 Å². The minimum atomic E-state index is 0.652. The molecular weight excluding hydrogens is 368 g/mol. The van der Waals surface area contributed by atoms with Crippen molar-refractivity contribution in [1.82, 2.24) is 9.97 Å². The third-order valence-electron chi connectivity index (χ3n) is 4.54. The molecule has 140 valence electrons. The van der Waals surface area contributed by atoms with Gasteiger partial charge in [0.05, 0.1) is 24.8 Å². The lowest BCUT2D eigenvalue weighted by atomic mass is 10.1. The van der Waals surface area contributed by atoms with Crippen molar-refractivity contribution in [1.29, 1.82) is 5.26 Å². The normalized spacial score (nSPS) is 13.9. The van der Waals surface area contributed by atoms with E-state index in [0.29, 0.717) is 12.0 Å². The Hall–Kier alpha value is -2.88. The molecule has 0 amide bonds. The van der Waals surface area contributed by atoms with Crippen LogP contribution < -0.4 is 4.90 Å². The number of rotatable bonds is 5. The van der Waals surface area contributed by atoms with Gasteiger partial charge in [-0.2, -0.15) is 5.26 Å². The van der Waals surface area contributed by atoms with Crippen LogP contribution in [0, 0.1) is 11.3 Å². The van der Waals surface area contributed by atoms with Gasteiger partial charge in [-0.05, 0) is 42.0 Å². The molecule has 6 heteroatoms. The number of nitriles is 1. The van der Waals surface area contributed by atoms with E-state index < -0.39 is 0 Å². The van der Waals surface area contributed by atoms with Crippen LogP contribution in [0.3, 0.4) is 0 Å². The van der Waals surface area contributed by atoms with Gasteiger partial charge >= 0.3 is 0 Å². The molecule has 3 aromatic rings. The van der Waals surface area contributed by atoms with Crippen molar-refractivity contribution >= 4 is 17.4 Å². The van der Waals surface area contributed by atoms with Gasteiger partial charge in [-0.25, -0.2) is 9.97 Å². The Morgan fingerprint density at radius 1 is 1.07 bits per heavy atom. The van der Waals surface area contributed by atoms with E-state index in [0.717, 1.165) is 42.0 Å². The van der Waals surface area contributed by atoms with Crippen LogP contribution in [0.15, 0.2) is 70.7 Å². The van der Waals surface area contributed by atoms with Crippen LogP contribution in [0.2, 0.25) is 0 Å². The van der Waals surface area contributed by atoms with Gasteiger partial charge in [-0.15, -0.1) is 0 Å². The molecule has 28 heavy (non-hydrogen) atoms. The molecule has 0 N–H and O–H groups in total. The van der Waals surface area contributed by atoms with Gasteiger partial charge < -0.3 is 9.64 Å². The summed E-state index contributed by atoms with van der Waals surface area (Å²) in [5, 5.41) is 9.92. The molecule has 2 heterocycles. The van der Waals surface area contributed by atoms with Gasteiger partial charge in [0.2, 0.25) is 0 Å². The molecule has 0 atom stereocenters. The van der Waals surface area contributed by atoms with Gasteiger partial charge in [0.1, 0.15) is 10.9 Å². The van der Waals surface area contributed by atoms with E-state index in [1.165, 1.54) is 11.3 Å². The summed E-state index contributed by atoms with van der Waals surface area (Å²) in [6.07, 6.45) is 2.48. The van der Waals surface area contributed by atoms with Crippen molar-refractivity contribution in [2.75, 3.05) is 31.2 Å². The Morgan fingerprint density at radius 3 is 2.68 bits per heavy atom. The Kier molecular flexibility index (Phi) is 5.86. The minimum Gasteiger partial charge on any atom is -0.378 e. The number of anilines is 1. The lowest BCUT2D eigenvalue weighted by molar-refractivity contribution is 0.122. The highest BCUT2D eigenvalue weighted by molar-refractivity contribution is 7.99. The Labute approximate surface area is 169 Å². The molecule has 1 aromatic heterocycles. The summed E-state index contributed by atoms with van der Waals surface area (Å²) in [7, 11) is 0. The fourth-order valence-corrected chi connectivity index (χ4v) is 3.95. The summed E-state index contributed by atoms with van der Waals surface area (Å²) in [5.74, 6) is 0.792. The van der Waals surface area contributed by atoms with Crippen LogP contribution >= 0.6 is 11.8 Å². The molecule has 0 radical (unpaired) electrons. The summed E-state index contributed by atoms with van der Waals surface area (Å²) < 4.78 is 5.41. The topological polar surface area (TPSA) is 62.0 Å². The molecule has 4 rings (SSSR count). The number of ether oxygens (including phenoxy) is 1. The maximum absolute atomic E-state index is 9.04. The average molecular weight is 388 g/mol. The summed E-state index contributed by atoms with van der Waals surface area (Å²) >= 11 is 1.54. The highest BCUT2D eigenvalue weighted by Gasteiger charge is 2.11. The second kappa shape index (κ2) is 8.87. The average Bonchev–Trinajstić information content (AvgIpc) is 2.75. The Morgan fingerprint density at radius 2 is 1.89 bits per heavy atom. The van der Waals surface area contributed by atoms with Gasteiger partial charge in [-0.1, -0.05) is 30.0 Å². The monoisotopic (exact) mass is 388 g/mol. The fourth-order valence-electron chi connectivity index (χ4n) is 3.10. The van der Waals surface area contributed by atoms with E-state index in [4.69, 9.17) is 10.00 Å². The third kappa shape index (κ3) is 4.69. The van der Waals surface area contributed by atoms with Crippen molar-refractivity contribution in [3.8, 4) is 6.07 Å². The maximum Gasteiger partial charge on any atom is 0.133 e. The third-order valence-corrected chi connectivity index (χ3v) is 5.47. The largest absolute Gasteiger partial charge is 0.378 e. The number of hydrogen-bond acceptors (Lipinski definition) is 6. The van der Waals surface area contributed by atoms with E-state index in [1.807, 2.05) is 24.3 Å². The van der Waals surface area contributed by atoms with Gasteiger partial charge in [-0.3, -0.25) is 0 Å². The SMILES string of the molecule is N#Cc1cccc(Sc2ccnc(Cc3ccc(N4CCOCC4)cc3)n2)c1. The molecule has 1 saturated heterocycles. The lowest BCUT2D eigenvalue weighted by Gasteiger charge is -2.28. The molecule has 0 saturated carbocycles. The predicted molar refractivity (Wildman–Crippen MR) is 110 cm³/mol. The molecule has 1 aliphatic heterocycles. The molecular formula is C22H20N4OS. The predicted octanol–water partition coefficient (Wildman–Crippen LogP) is 3.93. The smallest absolute Gasteiger partial charge is 0.133 e. The zero-order valence-corrected chi connectivity index (χ0v) is 16.2. The number of benzene rings is 2. The highest BCUT2D eigenvalue weighted by Crippen LogP contribution is 2.26. The summed E-state index contributed by atoms with van der Waals surface area (Å²) in [6.45, 7) is 3.46. The molecule has 0 unspecified atom stereocenters. The first-order chi connectivity index (χ1) is 13.8. The van der Waals surface area contributed by atoms with Crippen LogP contribution in [0.25, 0.3) is 0 Å². The van der Waals surface area contributed by atoms with E-state index in [-0.39, 0.29) is 0 Å². The summed E-state index contributed by atoms with van der Waals surface area (Å²) in [6, 6.07) is 20.2. The van der Waals surface area contributed by atoms with Crippen LogP contribution in [0.4, 0.5) is 5.69 Å². The van der Waals surface area contributed by atoms with Crippen LogP contribution in [0.5, 0.6) is 0 Å².